The van der Waals surface area contributed by atoms with Gasteiger partial charge in [-0.15, -0.1) is 0 Å². The van der Waals surface area contributed by atoms with Crippen LogP contribution in [0.15, 0.2) is 45.7 Å². The third-order valence-electron chi connectivity index (χ3n) is 4.56. The van der Waals surface area contributed by atoms with Crippen LogP contribution >= 0.6 is 11.8 Å². The van der Waals surface area contributed by atoms with E-state index in [0.717, 1.165) is 16.7 Å². The van der Waals surface area contributed by atoms with E-state index in [2.05, 4.69) is 0 Å². The maximum Gasteiger partial charge on any atom is 0.294 e. The third-order valence-corrected chi connectivity index (χ3v) is 5.47. The molecule has 2 fully saturated rings. The summed E-state index contributed by atoms with van der Waals surface area (Å²) in [5.74, 6) is -0.261. The molecule has 2 aromatic rings. The topological polar surface area (TPSA) is 80.1 Å². The lowest BCUT2D eigenvalue weighted by atomic mass is 10.2. The molecule has 0 spiro atoms. The van der Waals surface area contributed by atoms with Gasteiger partial charge in [0.2, 0.25) is 5.91 Å². The van der Waals surface area contributed by atoms with Gasteiger partial charge in [0.15, 0.2) is 0 Å². The Morgan fingerprint density at radius 1 is 1.10 bits per heavy atom. The molecule has 3 heterocycles. The molecule has 0 saturated carbocycles. The number of benzene rings is 1. The molecule has 0 radical (unpaired) electrons. The summed E-state index contributed by atoms with van der Waals surface area (Å²) in [6.07, 6.45) is 1.47. The van der Waals surface area contributed by atoms with E-state index < -0.39 is 11.1 Å². The zero-order valence-corrected chi connectivity index (χ0v) is 16.1. The van der Waals surface area contributed by atoms with E-state index in [1.54, 1.807) is 29.2 Å². The Balaban J connectivity index is 1.46. The molecule has 150 valence electrons. The number of hydrogen-bond donors (Lipinski definition) is 0. The first kappa shape index (κ1) is 19.4. The molecule has 0 atom stereocenters. The summed E-state index contributed by atoms with van der Waals surface area (Å²) >= 11 is 0.766. The molecule has 0 aliphatic carbocycles. The Morgan fingerprint density at radius 3 is 2.55 bits per heavy atom. The number of hydrogen-bond acceptors (Lipinski definition) is 6. The van der Waals surface area contributed by atoms with Gasteiger partial charge in [0.25, 0.3) is 11.1 Å². The molecule has 9 heteroatoms. The molecular formula is C20H17FN2O5S. The van der Waals surface area contributed by atoms with Crippen molar-refractivity contribution in [1.82, 2.24) is 9.80 Å². The van der Waals surface area contributed by atoms with Crippen LogP contribution in [0.4, 0.5) is 9.18 Å². The lowest BCUT2D eigenvalue weighted by Gasteiger charge is -2.27. The number of carbonyl (C=O) groups excluding carboxylic acids is 3. The average molecular weight is 416 g/mol. The van der Waals surface area contributed by atoms with Gasteiger partial charge in [-0.1, -0.05) is 0 Å². The second-order valence-electron chi connectivity index (χ2n) is 6.47. The summed E-state index contributed by atoms with van der Waals surface area (Å²) in [6, 6.07) is 9.19. The zero-order valence-electron chi connectivity index (χ0n) is 15.3. The van der Waals surface area contributed by atoms with Crippen molar-refractivity contribution in [3.8, 4) is 11.3 Å². The van der Waals surface area contributed by atoms with Gasteiger partial charge >= 0.3 is 0 Å². The Bertz CT molecular complexity index is 979. The van der Waals surface area contributed by atoms with Crippen molar-refractivity contribution >= 4 is 34.9 Å². The van der Waals surface area contributed by atoms with Crippen LogP contribution in [0.5, 0.6) is 0 Å². The summed E-state index contributed by atoms with van der Waals surface area (Å²) in [4.78, 5) is 39.9. The average Bonchev–Trinajstić information content (AvgIpc) is 3.29. The fraction of sp³-hybridized carbons (Fsp3) is 0.250. The highest BCUT2D eigenvalue weighted by atomic mass is 32.2. The first-order chi connectivity index (χ1) is 14.0. The smallest absolute Gasteiger partial charge is 0.294 e. The maximum atomic E-state index is 13.1. The molecular weight excluding hydrogens is 399 g/mol. The van der Waals surface area contributed by atoms with Gasteiger partial charge in [-0.25, -0.2) is 4.39 Å². The predicted octanol–water partition coefficient (Wildman–Crippen LogP) is 2.98. The van der Waals surface area contributed by atoms with Crippen molar-refractivity contribution in [3.05, 3.63) is 52.9 Å². The summed E-state index contributed by atoms with van der Waals surface area (Å²) in [5.41, 5.74) is 0.690. The molecule has 29 heavy (non-hydrogen) atoms. The van der Waals surface area contributed by atoms with Gasteiger partial charge in [0.05, 0.1) is 18.1 Å². The van der Waals surface area contributed by atoms with Crippen LogP contribution < -0.4 is 0 Å². The number of nitrogens with zero attached hydrogens (tertiary/aromatic N) is 2. The maximum absolute atomic E-state index is 13.1. The lowest BCUT2D eigenvalue weighted by molar-refractivity contribution is -0.139. The molecule has 0 N–H and O–H groups in total. The van der Waals surface area contributed by atoms with E-state index in [0.29, 0.717) is 43.4 Å². The summed E-state index contributed by atoms with van der Waals surface area (Å²) in [7, 11) is 0. The van der Waals surface area contributed by atoms with Gasteiger partial charge in [0, 0.05) is 24.7 Å². The van der Waals surface area contributed by atoms with Crippen molar-refractivity contribution in [3.63, 3.8) is 0 Å². The standard InChI is InChI=1S/C20H17FN2O5S/c21-14-3-1-13(2-4-14)16-6-5-15(28-16)11-17-19(25)23(20(26)29-17)12-18(24)22-7-9-27-10-8-22/h1-6,11H,7-10,12H2. The normalized spacial score (nSPS) is 18.7. The van der Waals surface area contributed by atoms with Crippen molar-refractivity contribution in [2.45, 2.75) is 0 Å². The Morgan fingerprint density at radius 2 is 1.83 bits per heavy atom. The van der Waals surface area contributed by atoms with E-state index in [1.165, 1.54) is 18.2 Å². The van der Waals surface area contributed by atoms with E-state index in [4.69, 9.17) is 9.15 Å². The number of morpholine rings is 1. The number of imide groups is 1. The molecule has 2 saturated heterocycles. The number of halogens is 1. The first-order valence-electron chi connectivity index (χ1n) is 8.98. The van der Waals surface area contributed by atoms with Crippen LogP contribution in [0.1, 0.15) is 5.76 Å². The first-order valence-corrected chi connectivity index (χ1v) is 9.79. The molecule has 7 nitrogen and oxygen atoms in total. The summed E-state index contributed by atoms with van der Waals surface area (Å²) in [6.45, 7) is 1.50. The Labute approximate surface area is 170 Å². The minimum absolute atomic E-state index is 0.185. The molecule has 0 bridgehead atoms. The molecule has 2 aliphatic heterocycles. The van der Waals surface area contributed by atoms with Crippen molar-refractivity contribution in [1.29, 1.82) is 0 Å². The summed E-state index contributed by atoms with van der Waals surface area (Å²) in [5, 5.41) is -0.492. The van der Waals surface area contributed by atoms with E-state index in [1.807, 2.05) is 0 Å². The molecule has 0 unspecified atom stereocenters. The van der Waals surface area contributed by atoms with Gasteiger partial charge in [-0.3, -0.25) is 19.3 Å². The van der Waals surface area contributed by atoms with Crippen LogP contribution in [0.25, 0.3) is 17.4 Å². The summed E-state index contributed by atoms with van der Waals surface area (Å²) < 4.78 is 23.9. The number of thioether (sulfide) groups is 1. The largest absolute Gasteiger partial charge is 0.457 e. The third kappa shape index (κ3) is 4.25. The van der Waals surface area contributed by atoms with Gasteiger partial charge in [-0.05, 0) is 48.2 Å². The molecule has 4 rings (SSSR count). The SMILES string of the molecule is O=C(CN1C(=O)SC(=Cc2ccc(-c3ccc(F)cc3)o2)C1=O)N1CCOCC1. The van der Waals surface area contributed by atoms with E-state index >= 15 is 0 Å². The highest BCUT2D eigenvalue weighted by molar-refractivity contribution is 8.18. The Hall–Kier alpha value is -2.91. The number of amides is 3. The molecule has 2 aliphatic rings. The predicted molar refractivity (Wildman–Crippen MR) is 104 cm³/mol. The van der Waals surface area contributed by atoms with Crippen molar-refractivity contribution in [2.75, 3.05) is 32.8 Å². The minimum atomic E-state index is -0.527. The number of rotatable bonds is 4. The highest BCUT2D eigenvalue weighted by Crippen LogP contribution is 2.33. The van der Waals surface area contributed by atoms with E-state index in [-0.39, 0.29) is 23.2 Å². The highest BCUT2D eigenvalue weighted by Gasteiger charge is 2.37. The fourth-order valence-corrected chi connectivity index (χ4v) is 3.83. The number of carbonyl (C=O) groups is 3. The second kappa shape index (κ2) is 8.22. The lowest BCUT2D eigenvalue weighted by Crippen LogP contribution is -2.46. The Kier molecular flexibility index (Phi) is 5.50. The van der Waals surface area contributed by atoms with Crippen LogP contribution in [0, 0.1) is 5.82 Å². The molecule has 1 aromatic carbocycles. The minimum Gasteiger partial charge on any atom is -0.457 e. The second-order valence-corrected chi connectivity index (χ2v) is 7.46. The van der Waals surface area contributed by atoms with Gasteiger partial charge < -0.3 is 14.1 Å². The van der Waals surface area contributed by atoms with Crippen LogP contribution in [-0.4, -0.2) is 59.7 Å². The van der Waals surface area contributed by atoms with Crippen molar-refractivity contribution in [2.24, 2.45) is 0 Å². The zero-order chi connectivity index (χ0) is 20.4. The number of furan rings is 1. The van der Waals surface area contributed by atoms with Crippen LogP contribution in [0.3, 0.4) is 0 Å². The van der Waals surface area contributed by atoms with Gasteiger partial charge in [-0.2, -0.15) is 0 Å². The quantitative estimate of drug-likeness (QED) is 0.713. The molecule has 1 aromatic heterocycles. The van der Waals surface area contributed by atoms with Crippen molar-refractivity contribution < 1.29 is 27.9 Å². The number of ether oxygens (including phenoxy) is 1. The van der Waals surface area contributed by atoms with E-state index in [9.17, 15) is 18.8 Å². The fourth-order valence-electron chi connectivity index (χ4n) is 3.01. The molecule has 3 amide bonds. The van der Waals surface area contributed by atoms with Crippen LogP contribution in [-0.2, 0) is 14.3 Å². The van der Waals surface area contributed by atoms with Gasteiger partial charge in [0.1, 0.15) is 23.9 Å². The van der Waals surface area contributed by atoms with Crippen LogP contribution in [0.2, 0.25) is 0 Å². The monoisotopic (exact) mass is 416 g/mol.